The number of carbonyl (C=O) groups is 5. The minimum Gasteiger partial charge on any atom is -0.474 e. The number of rotatable bonds is 21. The maximum absolute atomic E-state index is 11.7. The minimum absolute atomic E-state index is 0.0527. The lowest BCUT2D eigenvalue weighted by Gasteiger charge is -2.33. The standard InChI is InChI=1S/C29H37N5O3.C25H36N2O3.C2H6.CH2O/c1-19(36)14-21-6-8-24(9-7-21)32-26-15-23-18-34(11-10-22(23)16-30-26)25-17-31-28(37-13-12-35)27(20(25)2)33-29(3,4)5;1-6-12-25(7-2)13-14-27(18-25)22-11-9-21(16-28)24(15-22)20(4)26(5)23(17-29)10-8-19(3)30;2*1-2/h6-9,15-17,33,35H,10-14,18H2,1-5H3,(H,30,32);9,11,15-17,23H,4,6-8,10,12-14,18H2,1-3,5H3;1-2H3;1H2. The van der Waals surface area contributed by atoms with Crippen molar-refractivity contribution in [1.29, 1.82) is 0 Å². The van der Waals surface area contributed by atoms with Crippen molar-refractivity contribution in [3.63, 3.8) is 0 Å². The van der Waals surface area contributed by atoms with Crippen LogP contribution in [0.25, 0.3) is 5.70 Å². The van der Waals surface area contributed by atoms with Crippen molar-refractivity contribution in [2.45, 2.75) is 139 Å². The zero-order valence-corrected chi connectivity index (χ0v) is 44.5. The van der Waals surface area contributed by atoms with Crippen molar-refractivity contribution in [3.8, 4) is 5.88 Å². The summed E-state index contributed by atoms with van der Waals surface area (Å²) in [6, 6.07) is 15.4. The van der Waals surface area contributed by atoms with Gasteiger partial charge in [0.2, 0.25) is 5.88 Å². The van der Waals surface area contributed by atoms with E-state index in [1.807, 2.05) is 75.5 Å². The number of hydrogen-bond donors (Lipinski definition) is 3. The lowest BCUT2D eigenvalue weighted by atomic mass is 9.80. The SMILES string of the molecule is C=C(c1cc(N2CCC(CC)(CCC)C2)ccc1C=O)N(C)C(C=O)CCC(C)=O.C=O.CC.CC(=O)Cc1ccc(Nc2cc3c(cn2)CCN(c2cnc(OCCO)c(NC(C)(C)C)c2C)C3)cc1. The number of ketones is 2. The molecule has 0 amide bonds. The molecule has 0 aliphatic carbocycles. The first-order chi connectivity index (χ1) is 33.9. The number of benzene rings is 2. The van der Waals surface area contributed by atoms with Crippen LogP contribution in [-0.2, 0) is 38.6 Å². The van der Waals surface area contributed by atoms with Gasteiger partial charge in [0, 0.05) is 91.6 Å². The molecule has 2 aliphatic heterocycles. The average molecular weight is 976 g/mol. The highest BCUT2D eigenvalue weighted by molar-refractivity contribution is 5.87. The van der Waals surface area contributed by atoms with Crippen LogP contribution >= 0.6 is 0 Å². The fourth-order valence-corrected chi connectivity index (χ4v) is 9.06. The largest absolute Gasteiger partial charge is 0.474 e. The van der Waals surface area contributed by atoms with E-state index in [4.69, 9.17) is 9.53 Å². The molecular weight excluding hydrogens is 895 g/mol. The van der Waals surface area contributed by atoms with Crippen molar-refractivity contribution < 1.29 is 33.8 Å². The number of aliphatic hydroxyl groups is 1. The van der Waals surface area contributed by atoms with E-state index in [2.05, 4.69) is 84.6 Å². The van der Waals surface area contributed by atoms with Gasteiger partial charge in [-0.25, -0.2) is 9.97 Å². The fraction of sp³-hybridized carbons (Fsp3) is 0.491. The third kappa shape index (κ3) is 16.9. The van der Waals surface area contributed by atoms with Gasteiger partial charge in [0.1, 0.15) is 42.8 Å². The van der Waals surface area contributed by atoms with E-state index in [0.29, 0.717) is 41.8 Å². The van der Waals surface area contributed by atoms with Crippen molar-refractivity contribution in [1.82, 2.24) is 14.9 Å². The van der Waals surface area contributed by atoms with Crippen LogP contribution in [0.1, 0.15) is 139 Å². The summed E-state index contributed by atoms with van der Waals surface area (Å²) < 4.78 is 5.73. The van der Waals surface area contributed by atoms with Gasteiger partial charge in [-0.1, -0.05) is 52.8 Å². The quantitative estimate of drug-likeness (QED) is 0.0673. The van der Waals surface area contributed by atoms with Gasteiger partial charge in [0.05, 0.1) is 24.5 Å². The molecule has 14 heteroatoms. The first-order valence-electron chi connectivity index (χ1n) is 25.0. The molecule has 2 aliphatic rings. The van der Waals surface area contributed by atoms with E-state index in [9.17, 15) is 24.3 Å². The number of fused-ring (bicyclic) bond motifs is 1. The Morgan fingerprint density at radius 2 is 1.68 bits per heavy atom. The molecule has 4 aromatic rings. The molecule has 14 nitrogen and oxygen atoms in total. The second kappa shape index (κ2) is 28.4. The Hall–Kier alpha value is -6.41. The second-order valence-corrected chi connectivity index (χ2v) is 19.3. The molecule has 2 unspecified atom stereocenters. The maximum Gasteiger partial charge on any atom is 0.237 e. The molecule has 386 valence electrons. The van der Waals surface area contributed by atoms with Crippen LogP contribution in [0.4, 0.5) is 28.6 Å². The average Bonchev–Trinajstić information content (AvgIpc) is 3.79. The van der Waals surface area contributed by atoms with Crippen LogP contribution in [0.5, 0.6) is 5.88 Å². The Morgan fingerprint density at radius 1 is 0.972 bits per heavy atom. The highest BCUT2D eigenvalue weighted by Crippen LogP contribution is 2.41. The molecule has 2 aromatic carbocycles. The Labute approximate surface area is 423 Å². The second-order valence-electron chi connectivity index (χ2n) is 19.3. The van der Waals surface area contributed by atoms with E-state index >= 15 is 0 Å². The third-order valence-electron chi connectivity index (χ3n) is 12.9. The van der Waals surface area contributed by atoms with E-state index in [0.717, 1.165) is 90.4 Å². The molecule has 3 N–H and O–H groups in total. The molecule has 0 bridgehead atoms. The predicted molar refractivity (Wildman–Crippen MR) is 289 cm³/mol. The van der Waals surface area contributed by atoms with Crippen LogP contribution in [0.15, 0.2) is 67.5 Å². The van der Waals surface area contributed by atoms with E-state index < -0.39 is 6.04 Å². The first-order valence-corrected chi connectivity index (χ1v) is 25.0. The number of anilines is 5. The van der Waals surface area contributed by atoms with Gasteiger partial charge in [-0.15, -0.1) is 0 Å². The Kier molecular flexibility index (Phi) is 23.6. The normalized spacial score (nSPS) is 15.2. The third-order valence-corrected chi connectivity index (χ3v) is 12.9. The number of likely N-dealkylation sites (N-methyl/N-ethyl adjacent to an activating group) is 1. The van der Waals surface area contributed by atoms with Gasteiger partial charge in [0.25, 0.3) is 0 Å². The number of aliphatic hydroxyl groups excluding tert-OH is 1. The summed E-state index contributed by atoms with van der Waals surface area (Å²) in [6.07, 6.45) is 12.4. The van der Waals surface area contributed by atoms with Crippen molar-refractivity contribution in [2.75, 3.05) is 60.3 Å². The minimum atomic E-state index is -0.450. The molecule has 2 atom stereocenters. The van der Waals surface area contributed by atoms with E-state index in [1.54, 1.807) is 18.9 Å². The number of carbonyl (C=O) groups excluding carboxylic acids is 5. The smallest absolute Gasteiger partial charge is 0.237 e. The maximum atomic E-state index is 11.7. The molecule has 6 rings (SSSR count). The highest BCUT2D eigenvalue weighted by Gasteiger charge is 2.36. The topological polar surface area (TPSA) is 174 Å². The molecule has 4 heterocycles. The summed E-state index contributed by atoms with van der Waals surface area (Å²) in [5.74, 6) is 1.50. The fourth-order valence-electron chi connectivity index (χ4n) is 9.06. The molecule has 0 saturated carbocycles. The summed E-state index contributed by atoms with van der Waals surface area (Å²) in [4.78, 5) is 69.8. The summed E-state index contributed by atoms with van der Waals surface area (Å²) in [5, 5.41) is 16.2. The van der Waals surface area contributed by atoms with Crippen molar-refractivity contribution >= 4 is 65.2 Å². The summed E-state index contributed by atoms with van der Waals surface area (Å²) in [6.45, 7) is 30.0. The summed E-state index contributed by atoms with van der Waals surface area (Å²) >= 11 is 0. The number of pyridine rings is 2. The molecule has 1 fully saturated rings. The Balaban J connectivity index is 0.000000358. The first kappa shape index (κ1) is 58.9. The van der Waals surface area contributed by atoms with E-state index in [1.165, 1.54) is 43.7 Å². The molecule has 0 radical (unpaired) electrons. The molecule has 1 saturated heterocycles. The number of nitrogens with one attached hydrogen (secondary N) is 2. The highest BCUT2D eigenvalue weighted by atomic mass is 16.5. The van der Waals surface area contributed by atoms with Crippen molar-refractivity contribution in [2.24, 2.45) is 5.41 Å². The number of ether oxygens (including phenoxy) is 1. The van der Waals surface area contributed by atoms with Crippen LogP contribution in [0.3, 0.4) is 0 Å². The van der Waals surface area contributed by atoms with E-state index in [-0.39, 0.29) is 30.3 Å². The number of aromatic nitrogens is 2. The van der Waals surface area contributed by atoms with Gasteiger partial charge in [0.15, 0.2) is 6.29 Å². The summed E-state index contributed by atoms with van der Waals surface area (Å²) in [5.41, 5.74) is 10.6. The van der Waals surface area contributed by atoms with Crippen LogP contribution < -0.4 is 25.2 Å². The number of Topliss-reactive ketones (excluding diaryl/α,β-unsaturated/α-hetero) is 2. The lowest BCUT2D eigenvalue weighted by Crippen LogP contribution is -2.32. The summed E-state index contributed by atoms with van der Waals surface area (Å²) in [7, 11) is 1.79. The zero-order chi connectivity index (χ0) is 52.9. The zero-order valence-electron chi connectivity index (χ0n) is 44.5. The Bertz CT molecular complexity index is 2380. The molecule has 71 heavy (non-hydrogen) atoms. The van der Waals surface area contributed by atoms with Gasteiger partial charge in [-0.05, 0) is 132 Å². The van der Waals surface area contributed by atoms with Crippen LogP contribution in [0.2, 0.25) is 0 Å². The van der Waals surface area contributed by atoms with Gasteiger partial charge < -0.3 is 49.6 Å². The number of hydrogen-bond acceptors (Lipinski definition) is 14. The van der Waals surface area contributed by atoms with Crippen LogP contribution in [0, 0.1) is 12.3 Å². The van der Waals surface area contributed by atoms with Gasteiger partial charge in [-0.2, -0.15) is 0 Å². The lowest BCUT2D eigenvalue weighted by molar-refractivity contribution is -0.118. The monoisotopic (exact) mass is 976 g/mol. The van der Waals surface area contributed by atoms with Crippen molar-refractivity contribution in [3.05, 3.63) is 101 Å². The number of aldehydes is 2. The van der Waals surface area contributed by atoms with Gasteiger partial charge in [-0.3, -0.25) is 9.59 Å². The van der Waals surface area contributed by atoms with Crippen LogP contribution in [-0.4, -0.2) is 102 Å². The molecule has 0 spiro atoms. The molecular formula is C57H81N7O7. The Morgan fingerprint density at radius 3 is 2.27 bits per heavy atom. The molecule has 2 aromatic heterocycles. The predicted octanol–water partition coefficient (Wildman–Crippen LogP) is 10.4. The number of nitrogens with zero attached hydrogens (tertiary/aromatic N) is 5. The van der Waals surface area contributed by atoms with Gasteiger partial charge >= 0.3 is 0 Å².